The third-order valence-electron chi connectivity index (χ3n) is 3.96. The Morgan fingerprint density at radius 1 is 1.14 bits per heavy atom. The van der Waals surface area contributed by atoms with Gasteiger partial charge in [-0.25, -0.2) is 4.98 Å². The van der Waals surface area contributed by atoms with Crippen LogP contribution in [0.1, 0.15) is 49.1 Å². The van der Waals surface area contributed by atoms with Crippen LogP contribution in [-0.2, 0) is 12.7 Å². The van der Waals surface area contributed by atoms with Crippen molar-refractivity contribution in [1.82, 2.24) is 10.3 Å². The zero-order valence-corrected chi connectivity index (χ0v) is 12.7. The van der Waals surface area contributed by atoms with Crippen LogP contribution in [0.3, 0.4) is 0 Å². The second kappa shape index (κ2) is 6.12. The van der Waals surface area contributed by atoms with Crippen LogP contribution in [0, 0.1) is 0 Å². The van der Waals surface area contributed by atoms with Crippen LogP contribution in [0.4, 0.5) is 18.3 Å². The maximum Gasteiger partial charge on any atom is 0.434 e. The quantitative estimate of drug-likeness (QED) is 0.915. The van der Waals surface area contributed by atoms with Crippen LogP contribution in [0.2, 0.25) is 0 Å². The highest BCUT2D eigenvalue weighted by Crippen LogP contribution is 2.38. The topological polar surface area (TPSA) is 28.2 Å². The summed E-state index contributed by atoms with van der Waals surface area (Å²) in [5.41, 5.74) is -0.695. The SMILES string of the molecule is FC(F)(F)c1nc(N2CCCCCC2)sc1CNC1CC1. The molecule has 0 aromatic carbocycles. The molecule has 1 saturated heterocycles. The highest BCUT2D eigenvalue weighted by Gasteiger charge is 2.38. The minimum absolute atomic E-state index is 0.283. The van der Waals surface area contributed by atoms with Gasteiger partial charge in [-0.15, -0.1) is 0 Å². The Morgan fingerprint density at radius 3 is 2.38 bits per heavy atom. The molecular weight excluding hydrogens is 299 g/mol. The zero-order valence-electron chi connectivity index (χ0n) is 11.9. The molecule has 2 heterocycles. The summed E-state index contributed by atoms with van der Waals surface area (Å²) in [4.78, 5) is 6.27. The van der Waals surface area contributed by atoms with E-state index >= 15 is 0 Å². The number of nitrogens with one attached hydrogen (secondary N) is 1. The van der Waals surface area contributed by atoms with Gasteiger partial charge in [-0.1, -0.05) is 24.2 Å². The van der Waals surface area contributed by atoms with E-state index in [4.69, 9.17) is 0 Å². The van der Waals surface area contributed by atoms with E-state index in [1.165, 1.54) is 11.3 Å². The predicted octanol–water partition coefficient (Wildman–Crippen LogP) is 3.79. The number of aromatic nitrogens is 1. The van der Waals surface area contributed by atoms with Gasteiger partial charge in [-0.05, 0) is 25.7 Å². The van der Waals surface area contributed by atoms with Crippen molar-refractivity contribution in [3.63, 3.8) is 0 Å². The summed E-state index contributed by atoms with van der Waals surface area (Å²) in [7, 11) is 0. The van der Waals surface area contributed by atoms with Gasteiger partial charge >= 0.3 is 6.18 Å². The molecule has 1 aliphatic heterocycles. The van der Waals surface area contributed by atoms with E-state index in [1.54, 1.807) is 0 Å². The number of hydrogen-bond donors (Lipinski definition) is 1. The molecule has 2 fully saturated rings. The standard InChI is InChI=1S/C14H20F3N3S/c15-14(16,17)12-11(9-18-10-5-6-10)21-13(19-12)20-7-3-1-2-4-8-20/h10,18H,1-9H2. The first-order valence-corrected chi connectivity index (χ1v) is 8.41. The predicted molar refractivity (Wildman–Crippen MR) is 77.7 cm³/mol. The first-order chi connectivity index (χ1) is 10.0. The molecule has 0 spiro atoms. The molecular formula is C14H20F3N3S. The second-order valence-corrected chi connectivity index (χ2v) is 6.88. The molecule has 1 aliphatic carbocycles. The van der Waals surface area contributed by atoms with E-state index in [1.807, 2.05) is 4.90 Å². The summed E-state index contributed by atoms with van der Waals surface area (Å²) in [6.07, 6.45) is 2.17. The molecule has 1 saturated carbocycles. The van der Waals surface area contributed by atoms with E-state index in [0.717, 1.165) is 51.6 Å². The zero-order chi connectivity index (χ0) is 14.9. The molecule has 3 rings (SSSR count). The molecule has 1 aromatic rings. The average molecular weight is 319 g/mol. The second-order valence-electron chi connectivity index (χ2n) is 5.82. The van der Waals surface area contributed by atoms with Crippen LogP contribution in [0.15, 0.2) is 0 Å². The number of halogens is 3. The summed E-state index contributed by atoms with van der Waals surface area (Å²) in [5, 5.41) is 3.70. The van der Waals surface area contributed by atoms with E-state index in [2.05, 4.69) is 10.3 Å². The Kier molecular flexibility index (Phi) is 4.40. The van der Waals surface area contributed by atoms with Crippen molar-refractivity contribution in [2.45, 2.75) is 57.3 Å². The number of nitrogens with zero attached hydrogens (tertiary/aromatic N) is 2. The summed E-state index contributed by atoms with van der Waals surface area (Å²) in [6, 6.07) is 0.398. The van der Waals surface area contributed by atoms with Crippen molar-refractivity contribution >= 4 is 16.5 Å². The lowest BCUT2D eigenvalue weighted by Gasteiger charge is -2.18. The fraction of sp³-hybridized carbons (Fsp3) is 0.786. The summed E-state index contributed by atoms with van der Waals surface area (Å²) in [6.45, 7) is 1.92. The van der Waals surface area contributed by atoms with Crippen molar-refractivity contribution in [1.29, 1.82) is 0 Å². The van der Waals surface area contributed by atoms with Gasteiger partial charge in [0.25, 0.3) is 0 Å². The molecule has 118 valence electrons. The number of anilines is 1. The third-order valence-corrected chi connectivity index (χ3v) is 5.08. The fourth-order valence-corrected chi connectivity index (χ4v) is 3.68. The van der Waals surface area contributed by atoms with Crippen LogP contribution < -0.4 is 10.2 Å². The first-order valence-electron chi connectivity index (χ1n) is 7.59. The van der Waals surface area contributed by atoms with Crippen molar-refractivity contribution < 1.29 is 13.2 Å². The van der Waals surface area contributed by atoms with Crippen molar-refractivity contribution in [3.8, 4) is 0 Å². The molecule has 0 amide bonds. The van der Waals surface area contributed by atoms with Gasteiger partial charge in [0, 0.05) is 25.7 Å². The molecule has 1 N–H and O–H groups in total. The number of rotatable bonds is 4. The largest absolute Gasteiger partial charge is 0.434 e. The Balaban J connectivity index is 1.79. The van der Waals surface area contributed by atoms with Gasteiger partial charge < -0.3 is 10.2 Å². The lowest BCUT2D eigenvalue weighted by molar-refractivity contribution is -0.141. The Bertz CT molecular complexity index is 474. The maximum atomic E-state index is 13.1. The van der Waals surface area contributed by atoms with Crippen LogP contribution in [0.25, 0.3) is 0 Å². The normalized spacial score (nSPS) is 20.6. The number of thiazole rings is 1. The summed E-state index contributed by atoms with van der Waals surface area (Å²) >= 11 is 1.20. The Hall–Kier alpha value is -0.820. The average Bonchev–Trinajstić information content (AvgIpc) is 3.20. The summed E-state index contributed by atoms with van der Waals surface area (Å²) < 4.78 is 39.4. The van der Waals surface area contributed by atoms with E-state index in [-0.39, 0.29) is 6.54 Å². The van der Waals surface area contributed by atoms with Crippen LogP contribution in [-0.4, -0.2) is 24.1 Å². The first kappa shape index (κ1) is 15.1. The minimum Gasteiger partial charge on any atom is -0.348 e. The Labute approximate surface area is 126 Å². The molecule has 0 bridgehead atoms. The van der Waals surface area contributed by atoms with Crippen molar-refractivity contribution in [2.24, 2.45) is 0 Å². The van der Waals surface area contributed by atoms with Gasteiger partial charge in [0.2, 0.25) is 0 Å². The smallest absolute Gasteiger partial charge is 0.348 e. The molecule has 21 heavy (non-hydrogen) atoms. The van der Waals surface area contributed by atoms with Gasteiger partial charge in [-0.3, -0.25) is 0 Å². The van der Waals surface area contributed by atoms with E-state index < -0.39 is 11.9 Å². The van der Waals surface area contributed by atoms with Gasteiger partial charge in [-0.2, -0.15) is 13.2 Å². The number of alkyl halides is 3. The maximum absolute atomic E-state index is 13.1. The van der Waals surface area contributed by atoms with Crippen LogP contribution in [0.5, 0.6) is 0 Å². The lowest BCUT2D eigenvalue weighted by Crippen LogP contribution is -2.23. The van der Waals surface area contributed by atoms with Gasteiger partial charge in [0.05, 0.1) is 4.88 Å². The van der Waals surface area contributed by atoms with E-state index in [9.17, 15) is 13.2 Å². The molecule has 7 heteroatoms. The molecule has 3 nitrogen and oxygen atoms in total. The molecule has 0 unspecified atom stereocenters. The monoisotopic (exact) mass is 319 g/mol. The van der Waals surface area contributed by atoms with Gasteiger partial charge in [0.15, 0.2) is 10.8 Å². The number of hydrogen-bond acceptors (Lipinski definition) is 4. The molecule has 1 aromatic heterocycles. The third kappa shape index (κ3) is 3.88. The molecule has 0 radical (unpaired) electrons. The van der Waals surface area contributed by atoms with Crippen molar-refractivity contribution in [2.75, 3.05) is 18.0 Å². The molecule has 2 aliphatic rings. The Morgan fingerprint density at radius 2 is 1.81 bits per heavy atom. The van der Waals surface area contributed by atoms with Crippen LogP contribution >= 0.6 is 11.3 Å². The molecule has 0 atom stereocenters. The fourth-order valence-electron chi connectivity index (χ4n) is 2.60. The summed E-state index contributed by atoms with van der Waals surface area (Å²) in [5.74, 6) is 0. The van der Waals surface area contributed by atoms with Gasteiger partial charge in [0.1, 0.15) is 0 Å². The van der Waals surface area contributed by atoms with Crippen molar-refractivity contribution in [3.05, 3.63) is 10.6 Å². The van der Waals surface area contributed by atoms with E-state index in [0.29, 0.717) is 16.1 Å². The lowest BCUT2D eigenvalue weighted by atomic mass is 10.2. The highest BCUT2D eigenvalue weighted by molar-refractivity contribution is 7.15. The highest BCUT2D eigenvalue weighted by atomic mass is 32.1. The minimum atomic E-state index is -4.36.